The van der Waals surface area contributed by atoms with Crippen LogP contribution in [-0.4, -0.2) is 20.1 Å². The number of hydrogen-bond acceptors (Lipinski definition) is 5. The van der Waals surface area contributed by atoms with E-state index < -0.39 is 0 Å². The van der Waals surface area contributed by atoms with Crippen molar-refractivity contribution in [3.8, 4) is 17.6 Å². The van der Waals surface area contributed by atoms with Crippen LogP contribution in [-0.2, 0) is 4.79 Å². The molecule has 3 rings (SSSR count). The lowest BCUT2D eigenvalue weighted by atomic mass is 10.0. The van der Waals surface area contributed by atoms with Gasteiger partial charge in [0.25, 0.3) is 0 Å². The molecule has 1 aliphatic heterocycles. The van der Waals surface area contributed by atoms with Crippen molar-refractivity contribution in [2.45, 2.75) is 64.2 Å². The van der Waals surface area contributed by atoms with Gasteiger partial charge < -0.3 is 14.8 Å². The molecule has 0 unspecified atom stereocenters. The second-order valence-corrected chi connectivity index (χ2v) is 8.55. The molecule has 1 amide bonds. The molecule has 2 aromatic rings. The molecule has 0 fully saturated rings. The van der Waals surface area contributed by atoms with E-state index in [1.165, 1.54) is 19.3 Å². The molecule has 6 heteroatoms. The standard InChI is InChI=1S/C28H35N3O3/c1-33-25-17-13-23(14-18-25)30-28-22(21-29)11-9-7-5-3-4-6-8-10-12-27(32)31(28)24-15-19-26(34-2)20-16-24/h13-20,30H,3-12H2,1-2H3/b28-22+. The molecule has 6 nitrogen and oxygen atoms in total. The molecular weight excluding hydrogens is 426 g/mol. The Labute approximate surface area is 203 Å². The first-order valence-corrected chi connectivity index (χ1v) is 12.2. The zero-order valence-corrected chi connectivity index (χ0v) is 20.3. The lowest BCUT2D eigenvalue weighted by Gasteiger charge is -2.28. The number of benzene rings is 2. The zero-order chi connectivity index (χ0) is 24.2. The summed E-state index contributed by atoms with van der Waals surface area (Å²) in [4.78, 5) is 15.3. The highest BCUT2D eigenvalue weighted by atomic mass is 16.5. The third-order valence-corrected chi connectivity index (χ3v) is 6.14. The normalized spacial score (nSPS) is 18.5. The van der Waals surface area contributed by atoms with Crippen LogP contribution >= 0.6 is 0 Å². The van der Waals surface area contributed by atoms with E-state index in [0.29, 0.717) is 35.7 Å². The van der Waals surface area contributed by atoms with E-state index in [1.807, 2.05) is 48.5 Å². The first kappa shape index (κ1) is 25.2. The molecular formula is C28H35N3O3. The Balaban J connectivity index is 2.05. The first-order chi connectivity index (χ1) is 16.7. The molecule has 1 aliphatic rings. The Morgan fingerprint density at radius 2 is 1.26 bits per heavy atom. The summed E-state index contributed by atoms with van der Waals surface area (Å²) < 4.78 is 10.6. The number of allylic oxidation sites excluding steroid dienone is 1. The van der Waals surface area contributed by atoms with Crippen molar-refractivity contribution in [1.82, 2.24) is 0 Å². The number of nitrogens with one attached hydrogen (secondary N) is 1. The summed E-state index contributed by atoms with van der Waals surface area (Å²) in [5.74, 6) is 1.97. The number of carbonyl (C=O) groups excluding carboxylic acids is 1. The number of carbonyl (C=O) groups is 1. The number of methoxy groups -OCH3 is 2. The molecule has 0 bridgehead atoms. The minimum absolute atomic E-state index is 0.0222. The Bertz CT molecular complexity index is 991. The van der Waals surface area contributed by atoms with Crippen LogP contribution in [0.5, 0.6) is 11.5 Å². The fraction of sp³-hybridized carbons (Fsp3) is 0.429. The molecule has 0 aromatic heterocycles. The van der Waals surface area contributed by atoms with E-state index in [9.17, 15) is 10.1 Å². The van der Waals surface area contributed by atoms with Crippen molar-refractivity contribution < 1.29 is 14.3 Å². The van der Waals surface area contributed by atoms with Crippen LogP contribution in [0.2, 0.25) is 0 Å². The second kappa shape index (κ2) is 13.3. The molecule has 0 saturated heterocycles. The highest BCUT2D eigenvalue weighted by Crippen LogP contribution is 2.29. The molecule has 1 heterocycles. The Kier molecular flexibility index (Phi) is 9.84. The molecule has 0 aliphatic carbocycles. The second-order valence-electron chi connectivity index (χ2n) is 8.55. The number of amides is 1. The molecule has 0 saturated carbocycles. The Hall–Kier alpha value is -3.46. The van der Waals surface area contributed by atoms with E-state index >= 15 is 0 Å². The minimum atomic E-state index is -0.0222. The van der Waals surface area contributed by atoms with Gasteiger partial charge >= 0.3 is 0 Å². The van der Waals surface area contributed by atoms with Crippen molar-refractivity contribution in [1.29, 1.82) is 5.26 Å². The fourth-order valence-corrected chi connectivity index (χ4v) is 4.18. The highest BCUT2D eigenvalue weighted by Gasteiger charge is 2.24. The summed E-state index contributed by atoms with van der Waals surface area (Å²) in [6.45, 7) is 0. The van der Waals surface area contributed by atoms with Crippen molar-refractivity contribution in [2.24, 2.45) is 0 Å². The SMILES string of the molecule is COc1ccc(N/C2=C(\C#N)CCCCCCCCCCC(=O)N2c2ccc(OC)cc2)cc1. The number of nitrogens with zero attached hydrogens (tertiary/aromatic N) is 2. The topological polar surface area (TPSA) is 74.6 Å². The number of rotatable bonds is 5. The number of ether oxygens (including phenoxy) is 2. The first-order valence-electron chi connectivity index (χ1n) is 12.2. The van der Waals surface area contributed by atoms with Gasteiger partial charge in [-0.15, -0.1) is 0 Å². The van der Waals surface area contributed by atoms with Crippen LogP contribution in [0.4, 0.5) is 11.4 Å². The predicted octanol–water partition coefficient (Wildman–Crippen LogP) is 6.80. The van der Waals surface area contributed by atoms with Crippen molar-refractivity contribution in [2.75, 3.05) is 24.4 Å². The van der Waals surface area contributed by atoms with Crippen molar-refractivity contribution in [3.63, 3.8) is 0 Å². The molecule has 34 heavy (non-hydrogen) atoms. The molecule has 0 spiro atoms. The highest BCUT2D eigenvalue weighted by molar-refractivity contribution is 5.97. The largest absolute Gasteiger partial charge is 0.497 e. The molecule has 180 valence electrons. The van der Waals surface area contributed by atoms with Gasteiger partial charge in [-0.05, 0) is 67.8 Å². The smallest absolute Gasteiger partial charge is 0.232 e. The van der Waals surface area contributed by atoms with Gasteiger partial charge in [-0.2, -0.15) is 5.26 Å². The van der Waals surface area contributed by atoms with Gasteiger partial charge in [0, 0.05) is 12.1 Å². The third kappa shape index (κ3) is 7.02. The lowest BCUT2D eigenvalue weighted by molar-refractivity contribution is -0.118. The maximum atomic E-state index is 13.6. The van der Waals surface area contributed by atoms with Crippen LogP contribution in [0, 0.1) is 11.3 Å². The molecule has 2 aromatic carbocycles. The van der Waals surface area contributed by atoms with Crippen molar-refractivity contribution >= 4 is 17.3 Å². The Morgan fingerprint density at radius 3 is 1.79 bits per heavy atom. The van der Waals surface area contributed by atoms with Gasteiger partial charge in [0.2, 0.25) is 5.91 Å². The van der Waals surface area contributed by atoms with Crippen LogP contribution < -0.4 is 19.7 Å². The molecule has 0 radical (unpaired) electrons. The average Bonchev–Trinajstić information content (AvgIpc) is 2.87. The summed E-state index contributed by atoms with van der Waals surface area (Å²) in [5, 5.41) is 13.5. The van der Waals surface area contributed by atoms with Gasteiger partial charge in [0.1, 0.15) is 17.3 Å². The minimum Gasteiger partial charge on any atom is -0.497 e. The number of nitriles is 1. The molecule has 0 atom stereocenters. The number of anilines is 2. The maximum Gasteiger partial charge on any atom is 0.232 e. The van der Waals surface area contributed by atoms with Crippen LogP contribution in [0.3, 0.4) is 0 Å². The van der Waals surface area contributed by atoms with Gasteiger partial charge in [-0.1, -0.05) is 38.5 Å². The summed E-state index contributed by atoms with van der Waals surface area (Å²) in [7, 11) is 3.24. The average molecular weight is 462 g/mol. The lowest BCUT2D eigenvalue weighted by Crippen LogP contribution is -2.34. The third-order valence-electron chi connectivity index (χ3n) is 6.14. The monoisotopic (exact) mass is 461 g/mol. The fourth-order valence-electron chi connectivity index (χ4n) is 4.18. The van der Waals surface area contributed by atoms with Crippen LogP contribution in [0.1, 0.15) is 64.2 Å². The summed E-state index contributed by atoms with van der Waals surface area (Å²) in [5.41, 5.74) is 2.08. The molecule has 1 N–H and O–H groups in total. The summed E-state index contributed by atoms with van der Waals surface area (Å²) in [6, 6.07) is 17.3. The van der Waals surface area contributed by atoms with Gasteiger partial charge in [-0.3, -0.25) is 9.69 Å². The number of hydrogen-bond donors (Lipinski definition) is 1. The van der Waals surface area contributed by atoms with E-state index in [1.54, 1.807) is 19.1 Å². The van der Waals surface area contributed by atoms with E-state index in [-0.39, 0.29) is 5.91 Å². The Morgan fingerprint density at radius 1 is 0.765 bits per heavy atom. The van der Waals surface area contributed by atoms with E-state index in [4.69, 9.17) is 9.47 Å². The van der Waals surface area contributed by atoms with Gasteiger partial charge in [-0.25, -0.2) is 0 Å². The maximum absolute atomic E-state index is 13.6. The van der Waals surface area contributed by atoms with E-state index in [2.05, 4.69) is 11.4 Å². The van der Waals surface area contributed by atoms with Gasteiger partial charge in [0.05, 0.1) is 31.5 Å². The van der Waals surface area contributed by atoms with E-state index in [0.717, 1.165) is 43.5 Å². The van der Waals surface area contributed by atoms with Gasteiger partial charge in [0.15, 0.2) is 0 Å². The van der Waals surface area contributed by atoms with Crippen molar-refractivity contribution in [3.05, 3.63) is 59.9 Å². The quantitative estimate of drug-likeness (QED) is 0.530. The predicted molar refractivity (Wildman–Crippen MR) is 136 cm³/mol. The van der Waals surface area contributed by atoms with Crippen LogP contribution in [0.15, 0.2) is 59.9 Å². The summed E-state index contributed by atoms with van der Waals surface area (Å²) in [6.07, 6.45) is 9.69. The summed E-state index contributed by atoms with van der Waals surface area (Å²) >= 11 is 0. The zero-order valence-electron chi connectivity index (χ0n) is 20.3. The van der Waals surface area contributed by atoms with Crippen LogP contribution in [0.25, 0.3) is 0 Å².